The van der Waals surface area contributed by atoms with E-state index in [1.54, 1.807) is 0 Å². The SMILES string of the molecule is CCCCCC(C)NCCS(=O)(=O)CCC(C)C. The molecule has 0 aromatic heterocycles. The third kappa shape index (κ3) is 11.0. The molecule has 0 aromatic carbocycles. The fourth-order valence-corrected chi connectivity index (χ4v) is 3.24. The largest absolute Gasteiger partial charge is 0.313 e. The molecule has 18 heavy (non-hydrogen) atoms. The summed E-state index contributed by atoms with van der Waals surface area (Å²) >= 11 is 0. The zero-order valence-corrected chi connectivity index (χ0v) is 13.4. The van der Waals surface area contributed by atoms with Gasteiger partial charge in [-0.15, -0.1) is 0 Å². The van der Waals surface area contributed by atoms with Gasteiger partial charge in [0.2, 0.25) is 0 Å². The summed E-state index contributed by atoms with van der Waals surface area (Å²) in [6.45, 7) is 9.04. The minimum absolute atomic E-state index is 0.276. The number of hydrogen-bond acceptors (Lipinski definition) is 3. The fraction of sp³-hybridized carbons (Fsp3) is 1.00. The molecular formula is C14H31NO2S. The van der Waals surface area contributed by atoms with Gasteiger partial charge in [0, 0.05) is 12.6 Å². The van der Waals surface area contributed by atoms with E-state index >= 15 is 0 Å². The monoisotopic (exact) mass is 277 g/mol. The van der Waals surface area contributed by atoms with E-state index in [2.05, 4.69) is 33.0 Å². The molecular weight excluding hydrogens is 246 g/mol. The second-order valence-corrected chi connectivity index (χ2v) is 7.99. The highest BCUT2D eigenvalue weighted by molar-refractivity contribution is 7.91. The van der Waals surface area contributed by atoms with Crippen LogP contribution in [0.2, 0.25) is 0 Å². The highest BCUT2D eigenvalue weighted by atomic mass is 32.2. The molecule has 0 fully saturated rings. The van der Waals surface area contributed by atoms with Crippen molar-refractivity contribution < 1.29 is 8.42 Å². The number of unbranched alkanes of at least 4 members (excludes halogenated alkanes) is 2. The maximum absolute atomic E-state index is 11.7. The second-order valence-electron chi connectivity index (χ2n) is 5.69. The molecule has 0 spiro atoms. The van der Waals surface area contributed by atoms with Crippen molar-refractivity contribution in [2.24, 2.45) is 5.92 Å². The highest BCUT2D eigenvalue weighted by Crippen LogP contribution is 2.04. The average Bonchev–Trinajstić information content (AvgIpc) is 2.27. The van der Waals surface area contributed by atoms with E-state index in [-0.39, 0.29) is 5.75 Å². The number of sulfone groups is 1. The van der Waals surface area contributed by atoms with Crippen LogP contribution in [-0.2, 0) is 9.84 Å². The highest BCUT2D eigenvalue weighted by Gasteiger charge is 2.12. The smallest absolute Gasteiger partial charge is 0.151 e. The lowest BCUT2D eigenvalue weighted by atomic mass is 10.1. The number of rotatable bonds is 11. The van der Waals surface area contributed by atoms with Gasteiger partial charge in [-0.25, -0.2) is 8.42 Å². The zero-order chi connectivity index (χ0) is 14.0. The third-order valence-electron chi connectivity index (χ3n) is 3.15. The normalized spacial score (nSPS) is 14.1. The van der Waals surface area contributed by atoms with Crippen molar-refractivity contribution in [2.75, 3.05) is 18.1 Å². The van der Waals surface area contributed by atoms with Crippen LogP contribution in [0.3, 0.4) is 0 Å². The Morgan fingerprint density at radius 2 is 1.67 bits per heavy atom. The van der Waals surface area contributed by atoms with Crippen LogP contribution in [0.5, 0.6) is 0 Å². The second kappa shape index (κ2) is 9.79. The van der Waals surface area contributed by atoms with Crippen molar-refractivity contribution >= 4 is 9.84 Å². The first-order chi connectivity index (χ1) is 8.37. The molecule has 1 N–H and O–H groups in total. The van der Waals surface area contributed by atoms with Gasteiger partial charge in [-0.05, 0) is 25.7 Å². The molecule has 0 radical (unpaired) electrons. The lowest BCUT2D eigenvalue weighted by Gasteiger charge is -2.13. The summed E-state index contributed by atoms with van der Waals surface area (Å²) in [4.78, 5) is 0. The Morgan fingerprint density at radius 3 is 2.22 bits per heavy atom. The van der Waals surface area contributed by atoms with E-state index in [1.807, 2.05) is 0 Å². The van der Waals surface area contributed by atoms with Gasteiger partial charge >= 0.3 is 0 Å². The predicted molar refractivity (Wildman–Crippen MR) is 79.7 cm³/mol. The van der Waals surface area contributed by atoms with Gasteiger partial charge in [0.25, 0.3) is 0 Å². The molecule has 0 saturated heterocycles. The molecule has 0 bridgehead atoms. The van der Waals surface area contributed by atoms with Gasteiger partial charge in [-0.2, -0.15) is 0 Å². The molecule has 1 atom stereocenters. The standard InChI is InChI=1S/C14H31NO2S/c1-5-6-7-8-14(4)15-10-12-18(16,17)11-9-13(2)3/h13-15H,5-12H2,1-4H3. The fourth-order valence-electron chi connectivity index (χ4n) is 1.78. The molecule has 0 heterocycles. The first kappa shape index (κ1) is 17.9. The van der Waals surface area contributed by atoms with E-state index in [0.717, 1.165) is 12.8 Å². The Hall–Kier alpha value is -0.0900. The molecule has 0 aliphatic heterocycles. The van der Waals surface area contributed by atoms with Crippen molar-refractivity contribution in [1.82, 2.24) is 5.32 Å². The van der Waals surface area contributed by atoms with Gasteiger partial charge in [0.05, 0.1) is 11.5 Å². The van der Waals surface area contributed by atoms with E-state index < -0.39 is 9.84 Å². The van der Waals surface area contributed by atoms with Crippen LogP contribution in [0.1, 0.15) is 59.8 Å². The topological polar surface area (TPSA) is 46.2 Å². The first-order valence-corrected chi connectivity index (χ1v) is 9.13. The van der Waals surface area contributed by atoms with Crippen LogP contribution < -0.4 is 5.32 Å². The average molecular weight is 277 g/mol. The number of hydrogen-bond donors (Lipinski definition) is 1. The van der Waals surface area contributed by atoms with Crippen LogP contribution in [0.15, 0.2) is 0 Å². The van der Waals surface area contributed by atoms with Crippen LogP contribution in [0, 0.1) is 5.92 Å². The molecule has 0 amide bonds. The summed E-state index contributed by atoms with van der Waals surface area (Å²) in [6.07, 6.45) is 5.63. The van der Waals surface area contributed by atoms with E-state index in [4.69, 9.17) is 0 Å². The molecule has 0 saturated carbocycles. The van der Waals surface area contributed by atoms with Crippen molar-refractivity contribution in [3.05, 3.63) is 0 Å². The molecule has 0 aromatic rings. The van der Waals surface area contributed by atoms with Crippen LogP contribution in [0.4, 0.5) is 0 Å². The van der Waals surface area contributed by atoms with Crippen LogP contribution in [-0.4, -0.2) is 32.5 Å². The van der Waals surface area contributed by atoms with Crippen molar-refractivity contribution in [3.63, 3.8) is 0 Å². The summed E-state index contributed by atoms with van der Waals surface area (Å²) in [5.41, 5.74) is 0. The Morgan fingerprint density at radius 1 is 1.00 bits per heavy atom. The zero-order valence-electron chi connectivity index (χ0n) is 12.5. The first-order valence-electron chi connectivity index (χ1n) is 7.31. The van der Waals surface area contributed by atoms with Crippen LogP contribution in [0.25, 0.3) is 0 Å². The quantitative estimate of drug-likeness (QED) is 0.591. The summed E-state index contributed by atoms with van der Waals surface area (Å²) in [5, 5.41) is 3.31. The molecule has 0 aliphatic rings. The van der Waals surface area contributed by atoms with Crippen molar-refractivity contribution in [2.45, 2.75) is 65.8 Å². The van der Waals surface area contributed by atoms with Crippen molar-refractivity contribution in [3.8, 4) is 0 Å². The molecule has 1 unspecified atom stereocenters. The molecule has 110 valence electrons. The van der Waals surface area contributed by atoms with Gasteiger partial charge in [0.1, 0.15) is 0 Å². The van der Waals surface area contributed by atoms with E-state index in [0.29, 0.717) is 24.3 Å². The summed E-state index contributed by atoms with van der Waals surface area (Å²) in [7, 11) is -2.86. The third-order valence-corrected chi connectivity index (χ3v) is 4.84. The molecule has 3 nitrogen and oxygen atoms in total. The maximum Gasteiger partial charge on any atom is 0.151 e. The number of nitrogens with one attached hydrogen (secondary N) is 1. The predicted octanol–water partition coefficient (Wildman–Crippen LogP) is 3.01. The van der Waals surface area contributed by atoms with Crippen LogP contribution >= 0.6 is 0 Å². The summed E-state index contributed by atoms with van der Waals surface area (Å²) < 4.78 is 23.5. The Balaban J connectivity index is 3.68. The maximum atomic E-state index is 11.7. The van der Waals surface area contributed by atoms with Gasteiger partial charge < -0.3 is 5.32 Å². The Bertz CT molecular complexity index is 286. The molecule has 0 aliphatic carbocycles. The summed E-state index contributed by atoms with van der Waals surface area (Å²) in [5.74, 6) is 1.06. The lowest BCUT2D eigenvalue weighted by Crippen LogP contribution is -2.31. The molecule has 4 heteroatoms. The summed E-state index contributed by atoms with van der Waals surface area (Å²) in [6, 6.07) is 0.428. The van der Waals surface area contributed by atoms with E-state index in [1.165, 1.54) is 19.3 Å². The Labute approximate surface area is 114 Å². The Kier molecular flexibility index (Phi) is 9.74. The minimum Gasteiger partial charge on any atom is -0.313 e. The van der Waals surface area contributed by atoms with Gasteiger partial charge in [-0.3, -0.25) is 0 Å². The lowest BCUT2D eigenvalue weighted by molar-refractivity contribution is 0.497. The minimum atomic E-state index is -2.86. The van der Waals surface area contributed by atoms with E-state index in [9.17, 15) is 8.42 Å². The van der Waals surface area contributed by atoms with Gasteiger partial charge in [0.15, 0.2) is 9.84 Å². The van der Waals surface area contributed by atoms with Gasteiger partial charge in [-0.1, -0.05) is 40.0 Å². The van der Waals surface area contributed by atoms with Crippen molar-refractivity contribution in [1.29, 1.82) is 0 Å². The molecule has 0 rings (SSSR count).